The minimum Gasteiger partial charge on any atom is -0.494 e. The van der Waals surface area contributed by atoms with Crippen LogP contribution in [0.25, 0.3) is 0 Å². The SMILES string of the molecule is [B]C1(N2Cc3c(OCc4cccc(OC)c4F)cccc3C2=O)CCC(=O)NC1=O. The van der Waals surface area contributed by atoms with Gasteiger partial charge in [0.05, 0.1) is 19.1 Å². The van der Waals surface area contributed by atoms with E-state index >= 15 is 0 Å². The van der Waals surface area contributed by atoms with E-state index < -0.39 is 29.0 Å². The summed E-state index contributed by atoms with van der Waals surface area (Å²) < 4.78 is 25.2. The summed E-state index contributed by atoms with van der Waals surface area (Å²) in [5.41, 5.74) is -0.415. The average Bonchev–Trinajstić information content (AvgIpc) is 3.08. The van der Waals surface area contributed by atoms with Crippen molar-refractivity contribution in [2.24, 2.45) is 0 Å². The van der Waals surface area contributed by atoms with Crippen LogP contribution in [0.3, 0.4) is 0 Å². The summed E-state index contributed by atoms with van der Waals surface area (Å²) in [5, 5.41) is 2.19. The van der Waals surface area contributed by atoms with Crippen LogP contribution >= 0.6 is 0 Å². The first-order chi connectivity index (χ1) is 14.3. The summed E-state index contributed by atoms with van der Waals surface area (Å²) in [6.07, 6.45) is 0.0729. The predicted octanol–water partition coefficient (Wildman–Crippen LogP) is 1.67. The molecule has 1 fully saturated rings. The normalized spacial score (nSPS) is 20.7. The molecule has 1 atom stereocenters. The van der Waals surface area contributed by atoms with E-state index in [4.69, 9.17) is 17.3 Å². The third kappa shape index (κ3) is 3.20. The van der Waals surface area contributed by atoms with Crippen molar-refractivity contribution in [3.05, 3.63) is 58.9 Å². The van der Waals surface area contributed by atoms with Crippen LogP contribution < -0.4 is 14.8 Å². The van der Waals surface area contributed by atoms with Crippen LogP contribution in [0.4, 0.5) is 4.39 Å². The number of amides is 3. The number of halogens is 1. The first-order valence-corrected chi connectivity index (χ1v) is 9.36. The Morgan fingerprint density at radius 1 is 1.17 bits per heavy atom. The minimum absolute atomic E-state index is 0.0304. The molecule has 0 spiro atoms. The molecule has 1 unspecified atom stereocenters. The second kappa shape index (κ2) is 7.48. The maximum Gasteiger partial charge on any atom is 0.254 e. The molecule has 1 saturated heterocycles. The van der Waals surface area contributed by atoms with E-state index in [1.165, 1.54) is 18.1 Å². The molecule has 2 aliphatic rings. The fourth-order valence-corrected chi connectivity index (χ4v) is 3.72. The molecule has 3 amide bonds. The summed E-state index contributed by atoms with van der Waals surface area (Å²) in [5.74, 6) is -1.57. The molecule has 7 nitrogen and oxygen atoms in total. The van der Waals surface area contributed by atoms with Crippen molar-refractivity contribution in [1.82, 2.24) is 10.2 Å². The molecule has 2 heterocycles. The van der Waals surface area contributed by atoms with Crippen LogP contribution in [0.5, 0.6) is 11.5 Å². The average molecular weight is 408 g/mol. The van der Waals surface area contributed by atoms with Gasteiger partial charge in [-0.15, -0.1) is 0 Å². The first-order valence-electron chi connectivity index (χ1n) is 9.36. The molecule has 0 aromatic heterocycles. The fraction of sp³-hybridized carbons (Fsp3) is 0.286. The number of methoxy groups -OCH3 is 1. The highest BCUT2D eigenvalue weighted by atomic mass is 19.1. The van der Waals surface area contributed by atoms with E-state index in [0.717, 1.165) is 0 Å². The second-order valence-corrected chi connectivity index (χ2v) is 7.20. The Kier molecular flexibility index (Phi) is 4.97. The molecule has 30 heavy (non-hydrogen) atoms. The van der Waals surface area contributed by atoms with Crippen LogP contribution in [-0.2, 0) is 22.7 Å². The number of hydrogen-bond acceptors (Lipinski definition) is 5. The van der Waals surface area contributed by atoms with Gasteiger partial charge in [0.15, 0.2) is 11.6 Å². The van der Waals surface area contributed by atoms with Gasteiger partial charge in [-0.3, -0.25) is 19.7 Å². The number of carbonyl (C=O) groups is 3. The molecule has 0 bridgehead atoms. The number of ether oxygens (including phenoxy) is 2. The zero-order valence-corrected chi connectivity index (χ0v) is 16.2. The Hall–Kier alpha value is -3.36. The van der Waals surface area contributed by atoms with E-state index in [9.17, 15) is 18.8 Å². The summed E-state index contributed by atoms with van der Waals surface area (Å²) in [7, 11) is 7.62. The van der Waals surface area contributed by atoms with E-state index in [1.54, 1.807) is 30.3 Å². The van der Waals surface area contributed by atoms with Gasteiger partial charge in [-0.1, -0.05) is 18.2 Å². The maximum atomic E-state index is 14.4. The molecular weight excluding hydrogens is 390 g/mol. The third-order valence-electron chi connectivity index (χ3n) is 5.43. The third-order valence-corrected chi connectivity index (χ3v) is 5.43. The Labute approximate surface area is 173 Å². The van der Waals surface area contributed by atoms with Crippen LogP contribution in [0, 0.1) is 5.82 Å². The highest BCUT2D eigenvalue weighted by Crippen LogP contribution is 2.37. The van der Waals surface area contributed by atoms with Crippen molar-refractivity contribution >= 4 is 25.6 Å². The minimum atomic E-state index is -1.62. The van der Waals surface area contributed by atoms with Gasteiger partial charge in [-0.2, -0.15) is 0 Å². The van der Waals surface area contributed by atoms with Crippen molar-refractivity contribution in [2.45, 2.75) is 31.4 Å². The predicted molar refractivity (Wildman–Crippen MR) is 104 cm³/mol. The van der Waals surface area contributed by atoms with Crippen molar-refractivity contribution < 1.29 is 28.2 Å². The molecule has 1 N–H and O–H groups in total. The van der Waals surface area contributed by atoms with E-state index in [0.29, 0.717) is 22.4 Å². The zero-order chi connectivity index (χ0) is 21.5. The summed E-state index contributed by atoms with van der Waals surface area (Å²) in [6, 6.07) is 9.67. The molecule has 2 aromatic carbocycles. The number of nitrogens with zero attached hydrogens (tertiary/aromatic N) is 1. The number of fused-ring (bicyclic) bond motifs is 1. The topological polar surface area (TPSA) is 84.9 Å². The molecule has 0 saturated carbocycles. The fourth-order valence-electron chi connectivity index (χ4n) is 3.72. The lowest BCUT2D eigenvalue weighted by Gasteiger charge is -2.40. The van der Waals surface area contributed by atoms with Gasteiger partial charge in [0, 0.05) is 23.1 Å². The van der Waals surface area contributed by atoms with Crippen molar-refractivity contribution in [2.75, 3.05) is 7.11 Å². The molecular formula is C21H18BFN2O5. The highest BCUT2D eigenvalue weighted by Gasteiger charge is 2.48. The van der Waals surface area contributed by atoms with Crippen molar-refractivity contribution in [1.29, 1.82) is 0 Å². The maximum absolute atomic E-state index is 14.4. The van der Waals surface area contributed by atoms with Crippen molar-refractivity contribution in [3.8, 4) is 11.5 Å². The molecule has 2 aromatic rings. The Balaban J connectivity index is 1.58. The number of benzene rings is 2. The quantitative estimate of drug-likeness (QED) is 0.601. The number of nitrogens with one attached hydrogen (secondary N) is 1. The van der Waals surface area contributed by atoms with Gasteiger partial charge < -0.3 is 14.4 Å². The second-order valence-electron chi connectivity index (χ2n) is 7.20. The first kappa shape index (κ1) is 19.9. The van der Waals surface area contributed by atoms with Crippen molar-refractivity contribution in [3.63, 3.8) is 0 Å². The highest BCUT2D eigenvalue weighted by molar-refractivity contribution is 6.32. The lowest BCUT2D eigenvalue weighted by molar-refractivity contribution is -0.138. The van der Waals surface area contributed by atoms with Gasteiger partial charge in [-0.05, 0) is 24.6 Å². The molecule has 2 aliphatic heterocycles. The van der Waals surface area contributed by atoms with Gasteiger partial charge >= 0.3 is 0 Å². The van der Waals surface area contributed by atoms with Gasteiger partial charge in [0.1, 0.15) is 20.2 Å². The molecule has 0 aliphatic carbocycles. The number of rotatable bonds is 5. The molecule has 152 valence electrons. The lowest BCUT2D eigenvalue weighted by Crippen LogP contribution is -2.63. The molecule has 4 rings (SSSR count). The smallest absolute Gasteiger partial charge is 0.254 e. The zero-order valence-electron chi connectivity index (χ0n) is 16.2. The Morgan fingerprint density at radius 2 is 1.90 bits per heavy atom. The standard InChI is InChI=1S/C21H18BFN2O5/c1-29-16-7-2-4-12(18(16)23)11-30-15-6-3-5-13-14(15)10-25(19(13)27)21(22)9-8-17(26)24-20(21)28/h2-7H,8-11H2,1H3,(H,24,26,28). The number of carbonyl (C=O) groups excluding carboxylic acids is 3. The summed E-state index contributed by atoms with van der Waals surface area (Å²) in [4.78, 5) is 38.0. The van der Waals surface area contributed by atoms with Crippen LogP contribution in [0.2, 0.25) is 0 Å². The monoisotopic (exact) mass is 408 g/mol. The molecule has 9 heteroatoms. The lowest BCUT2D eigenvalue weighted by atomic mass is 9.70. The van der Waals surface area contributed by atoms with E-state index in [2.05, 4.69) is 5.32 Å². The van der Waals surface area contributed by atoms with Crippen LogP contribution in [0.15, 0.2) is 36.4 Å². The number of imide groups is 1. The number of hydrogen-bond donors (Lipinski definition) is 1. The Morgan fingerprint density at radius 3 is 2.63 bits per heavy atom. The Bertz CT molecular complexity index is 1060. The van der Waals surface area contributed by atoms with Crippen LogP contribution in [-0.4, -0.2) is 43.0 Å². The summed E-state index contributed by atoms with van der Waals surface area (Å²) >= 11 is 0. The van der Waals surface area contributed by atoms with Gasteiger partial charge in [-0.25, -0.2) is 4.39 Å². The molecule has 2 radical (unpaired) electrons. The van der Waals surface area contributed by atoms with Gasteiger partial charge in [0.25, 0.3) is 5.91 Å². The van der Waals surface area contributed by atoms with E-state index in [-0.39, 0.29) is 31.7 Å². The van der Waals surface area contributed by atoms with Gasteiger partial charge in [0.2, 0.25) is 11.8 Å². The van der Waals surface area contributed by atoms with E-state index in [1.807, 2.05) is 0 Å². The largest absolute Gasteiger partial charge is 0.494 e. The summed E-state index contributed by atoms with van der Waals surface area (Å²) in [6.45, 7) is -0.0283. The van der Waals surface area contributed by atoms with Crippen LogP contribution in [0.1, 0.15) is 34.3 Å². The number of piperidine rings is 1.